The lowest BCUT2D eigenvalue weighted by molar-refractivity contribution is 0.465. The Labute approximate surface area is 94.7 Å². The fourth-order valence-corrected chi connectivity index (χ4v) is 1.31. The van der Waals surface area contributed by atoms with Crippen LogP contribution in [-0.4, -0.2) is 11.7 Å². The molecule has 0 unspecified atom stereocenters. The van der Waals surface area contributed by atoms with E-state index in [-0.39, 0.29) is 24.2 Å². The number of phenols is 1. The average molecular weight is 235 g/mol. The first kappa shape index (κ1) is 14.2. The molecule has 0 saturated heterocycles. The number of hydrogen-bond acceptors (Lipinski definition) is 3. The summed E-state index contributed by atoms with van der Waals surface area (Å²) < 4.78 is 13.3. The Morgan fingerprint density at radius 3 is 2.60 bits per heavy atom. The number of nitrogens with two attached hydrogens (primary N) is 2. The van der Waals surface area contributed by atoms with E-state index in [1.807, 2.05) is 0 Å². The molecular formula is C10H16ClFN2O. The quantitative estimate of drug-likeness (QED) is 0.743. The Hall–Kier alpha value is -0.840. The van der Waals surface area contributed by atoms with E-state index < -0.39 is 5.82 Å². The Morgan fingerprint density at radius 2 is 2.07 bits per heavy atom. The molecular weight excluding hydrogens is 219 g/mol. The highest BCUT2D eigenvalue weighted by atomic mass is 35.5. The third-order valence-electron chi connectivity index (χ3n) is 2.10. The molecule has 15 heavy (non-hydrogen) atoms. The normalized spacial score (nSPS) is 11.9. The van der Waals surface area contributed by atoms with Crippen molar-refractivity contribution in [1.82, 2.24) is 0 Å². The molecule has 0 saturated carbocycles. The number of phenolic OH excluding ortho intramolecular Hbond substituents is 1. The van der Waals surface area contributed by atoms with E-state index in [0.29, 0.717) is 18.5 Å². The lowest BCUT2D eigenvalue weighted by Crippen LogP contribution is -2.13. The largest absolute Gasteiger partial charge is 0.508 e. The van der Waals surface area contributed by atoms with Crippen LogP contribution in [0.15, 0.2) is 18.2 Å². The molecule has 0 aliphatic rings. The van der Waals surface area contributed by atoms with E-state index in [0.717, 1.165) is 12.5 Å². The second kappa shape index (κ2) is 6.61. The predicted octanol–water partition coefficient (Wildman–Crippen LogP) is 1.69. The molecule has 1 atom stereocenters. The predicted molar refractivity (Wildman–Crippen MR) is 60.5 cm³/mol. The zero-order chi connectivity index (χ0) is 10.6. The molecule has 3 nitrogen and oxygen atoms in total. The maximum absolute atomic E-state index is 13.3. The molecule has 0 amide bonds. The van der Waals surface area contributed by atoms with Crippen molar-refractivity contribution in [3.8, 4) is 5.75 Å². The SMILES string of the molecule is Cl.NCCC[C@H](N)c1ccc(O)cc1F. The van der Waals surface area contributed by atoms with E-state index in [2.05, 4.69) is 0 Å². The molecule has 0 aliphatic heterocycles. The summed E-state index contributed by atoms with van der Waals surface area (Å²) in [6, 6.07) is 3.66. The number of aromatic hydroxyl groups is 1. The maximum atomic E-state index is 13.3. The van der Waals surface area contributed by atoms with Gasteiger partial charge in [0.05, 0.1) is 0 Å². The summed E-state index contributed by atoms with van der Waals surface area (Å²) >= 11 is 0. The number of rotatable bonds is 4. The highest BCUT2D eigenvalue weighted by Gasteiger charge is 2.10. The van der Waals surface area contributed by atoms with Gasteiger partial charge in [0.2, 0.25) is 0 Å². The summed E-state index contributed by atoms with van der Waals surface area (Å²) in [6.45, 7) is 0.549. The van der Waals surface area contributed by atoms with Crippen LogP contribution < -0.4 is 11.5 Å². The first-order valence-electron chi connectivity index (χ1n) is 4.59. The van der Waals surface area contributed by atoms with Crippen molar-refractivity contribution in [3.63, 3.8) is 0 Å². The summed E-state index contributed by atoms with van der Waals surface area (Å²) in [4.78, 5) is 0. The minimum Gasteiger partial charge on any atom is -0.508 e. The summed E-state index contributed by atoms with van der Waals surface area (Å²) in [7, 11) is 0. The molecule has 0 fully saturated rings. The topological polar surface area (TPSA) is 72.3 Å². The molecule has 0 aromatic heterocycles. The molecule has 1 aromatic carbocycles. The molecule has 0 heterocycles. The Bertz CT molecular complexity index is 309. The molecule has 0 aliphatic carbocycles. The molecule has 1 aromatic rings. The zero-order valence-corrected chi connectivity index (χ0v) is 9.14. The van der Waals surface area contributed by atoms with Gasteiger partial charge in [-0.15, -0.1) is 12.4 Å². The van der Waals surface area contributed by atoms with Crippen molar-refractivity contribution in [1.29, 1.82) is 0 Å². The van der Waals surface area contributed by atoms with Crippen LogP contribution in [0.25, 0.3) is 0 Å². The van der Waals surface area contributed by atoms with Crippen molar-refractivity contribution in [3.05, 3.63) is 29.6 Å². The van der Waals surface area contributed by atoms with Crippen molar-refractivity contribution >= 4 is 12.4 Å². The van der Waals surface area contributed by atoms with Crippen LogP contribution >= 0.6 is 12.4 Å². The minimum atomic E-state index is -0.463. The van der Waals surface area contributed by atoms with Gasteiger partial charge < -0.3 is 16.6 Å². The maximum Gasteiger partial charge on any atom is 0.131 e. The van der Waals surface area contributed by atoms with Crippen LogP contribution in [0.2, 0.25) is 0 Å². The van der Waals surface area contributed by atoms with Gasteiger partial charge in [-0.2, -0.15) is 0 Å². The molecule has 0 bridgehead atoms. The van der Waals surface area contributed by atoms with Crippen LogP contribution in [0, 0.1) is 5.82 Å². The van der Waals surface area contributed by atoms with Crippen LogP contribution in [-0.2, 0) is 0 Å². The van der Waals surface area contributed by atoms with E-state index in [9.17, 15) is 4.39 Å². The van der Waals surface area contributed by atoms with Gasteiger partial charge in [-0.3, -0.25) is 0 Å². The summed E-state index contributed by atoms with van der Waals surface area (Å²) in [5.41, 5.74) is 11.5. The molecule has 5 N–H and O–H groups in total. The number of halogens is 2. The van der Waals surface area contributed by atoms with E-state index >= 15 is 0 Å². The highest BCUT2D eigenvalue weighted by Crippen LogP contribution is 2.22. The Kier molecular flexibility index (Phi) is 6.24. The first-order valence-corrected chi connectivity index (χ1v) is 4.59. The van der Waals surface area contributed by atoms with E-state index in [1.54, 1.807) is 0 Å². The monoisotopic (exact) mass is 234 g/mol. The van der Waals surface area contributed by atoms with Gasteiger partial charge in [0.25, 0.3) is 0 Å². The minimum absolute atomic E-state index is 0. The van der Waals surface area contributed by atoms with Crippen molar-refractivity contribution < 1.29 is 9.50 Å². The van der Waals surface area contributed by atoms with Crippen LogP contribution in [0.1, 0.15) is 24.4 Å². The van der Waals surface area contributed by atoms with Gasteiger partial charge in [0.1, 0.15) is 11.6 Å². The fourth-order valence-electron chi connectivity index (χ4n) is 1.31. The van der Waals surface area contributed by atoms with E-state index in [4.69, 9.17) is 16.6 Å². The fraction of sp³-hybridized carbons (Fsp3) is 0.400. The zero-order valence-electron chi connectivity index (χ0n) is 8.32. The number of benzene rings is 1. The van der Waals surface area contributed by atoms with Gasteiger partial charge in [-0.1, -0.05) is 6.07 Å². The smallest absolute Gasteiger partial charge is 0.131 e. The van der Waals surface area contributed by atoms with Crippen LogP contribution in [0.3, 0.4) is 0 Å². The Morgan fingerprint density at radius 1 is 1.40 bits per heavy atom. The van der Waals surface area contributed by atoms with Crippen molar-refractivity contribution in [2.24, 2.45) is 11.5 Å². The molecule has 0 radical (unpaired) electrons. The van der Waals surface area contributed by atoms with Gasteiger partial charge >= 0.3 is 0 Å². The van der Waals surface area contributed by atoms with Crippen molar-refractivity contribution in [2.75, 3.05) is 6.54 Å². The Balaban J connectivity index is 0.00000196. The summed E-state index contributed by atoms with van der Waals surface area (Å²) in [5, 5.41) is 8.99. The lowest BCUT2D eigenvalue weighted by atomic mass is 10.0. The number of hydrogen-bond donors (Lipinski definition) is 3. The lowest BCUT2D eigenvalue weighted by Gasteiger charge is -2.12. The molecule has 0 spiro atoms. The molecule has 86 valence electrons. The second-order valence-electron chi connectivity index (χ2n) is 3.24. The summed E-state index contributed by atoms with van der Waals surface area (Å²) in [6.07, 6.45) is 1.42. The first-order chi connectivity index (χ1) is 6.65. The van der Waals surface area contributed by atoms with Gasteiger partial charge in [-0.25, -0.2) is 4.39 Å². The van der Waals surface area contributed by atoms with Gasteiger partial charge in [0, 0.05) is 17.7 Å². The molecule has 5 heteroatoms. The van der Waals surface area contributed by atoms with Crippen LogP contribution in [0.4, 0.5) is 4.39 Å². The van der Waals surface area contributed by atoms with Crippen molar-refractivity contribution in [2.45, 2.75) is 18.9 Å². The summed E-state index contributed by atoms with van der Waals surface area (Å²) in [5.74, 6) is -0.549. The molecule has 1 rings (SSSR count). The third-order valence-corrected chi connectivity index (χ3v) is 2.10. The average Bonchev–Trinajstić information content (AvgIpc) is 2.14. The van der Waals surface area contributed by atoms with Gasteiger partial charge in [-0.05, 0) is 25.5 Å². The standard InChI is InChI=1S/C10H15FN2O.ClH/c11-9-6-7(14)3-4-8(9)10(13)2-1-5-12;/h3-4,6,10,14H,1-2,5,12-13H2;1H/t10-;/m0./s1. The second-order valence-corrected chi connectivity index (χ2v) is 3.24. The van der Waals surface area contributed by atoms with Crippen LogP contribution in [0.5, 0.6) is 5.75 Å². The van der Waals surface area contributed by atoms with E-state index in [1.165, 1.54) is 12.1 Å². The van der Waals surface area contributed by atoms with Gasteiger partial charge in [0.15, 0.2) is 0 Å². The highest BCUT2D eigenvalue weighted by molar-refractivity contribution is 5.85. The third kappa shape index (κ3) is 4.03.